The predicted octanol–water partition coefficient (Wildman–Crippen LogP) is 2.04. The first-order valence-corrected chi connectivity index (χ1v) is 14.4. The number of carbonyl (C=O) groups is 4. The van der Waals surface area contributed by atoms with Gasteiger partial charge in [-0.25, -0.2) is 4.79 Å². The zero-order valence-electron chi connectivity index (χ0n) is 25.1. The number of ether oxygens (including phenoxy) is 2. The fourth-order valence-electron chi connectivity index (χ4n) is 5.05. The highest BCUT2D eigenvalue weighted by molar-refractivity contribution is 6.23. The summed E-state index contributed by atoms with van der Waals surface area (Å²) >= 11 is 0. The van der Waals surface area contributed by atoms with E-state index in [9.17, 15) is 24.3 Å². The standard InChI is InChI=1S/C31H44N4O7/c1-18-9-10-24(36)20(3)16-21(4)29(42-31(32)40)26(41-5)8-6-7-19(2)30(39)34-23-17-25(37)27(22(15-18)28(23)38)33-11-12-35-13-14-35/h6-8,16-18,20,24,26,29,33,36H,9-15H2,1-5H3,(H2,32,40)(H,34,39)/b8-6-,19-7+,21-16+/t18-,20-,24-,26-,29-/m0/s1. The number of nitrogens with zero attached hydrogens (tertiary/aromatic N) is 1. The Morgan fingerprint density at radius 3 is 2.55 bits per heavy atom. The molecule has 0 aromatic carbocycles. The highest BCUT2D eigenvalue weighted by Crippen LogP contribution is 2.27. The fraction of sp³-hybridized carbons (Fsp3) is 0.548. The number of carbonyl (C=O) groups excluding carboxylic acids is 4. The van der Waals surface area contributed by atoms with E-state index in [-0.39, 0.29) is 34.6 Å². The van der Waals surface area contributed by atoms with Crippen molar-refractivity contribution in [2.75, 3.05) is 33.3 Å². The zero-order valence-corrected chi connectivity index (χ0v) is 25.1. The largest absolute Gasteiger partial charge is 0.439 e. The van der Waals surface area contributed by atoms with E-state index in [0.717, 1.165) is 19.6 Å². The molecule has 0 spiro atoms. The number of fused-ring (bicyclic) bond motifs is 2. The van der Waals surface area contributed by atoms with Gasteiger partial charge in [-0.15, -0.1) is 0 Å². The molecule has 11 nitrogen and oxygen atoms in total. The molecule has 230 valence electrons. The predicted molar refractivity (Wildman–Crippen MR) is 158 cm³/mol. The van der Waals surface area contributed by atoms with E-state index in [0.29, 0.717) is 37.0 Å². The number of nitrogens with two attached hydrogens (primary N) is 1. The van der Waals surface area contributed by atoms with Crippen molar-refractivity contribution in [1.29, 1.82) is 0 Å². The smallest absolute Gasteiger partial charge is 0.405 e. The summed E-state index contributed by atoms with van der Waals surface area (Å²) in [7, 11) is 1.45. The van der Waals surface area contributed by atoms with E-state index in [4.69, 9.17) is 15.2 Å². The number of rotatable bonds is 6. The molecule has 11 heteroatoms. The number of aliphatic hydroxyl groups excluding tert-OH is 1. The maximum atomic E-state index is 13.6. The lowest BCUT2D eigenvalue weighted by Gasteiger charge is -2.26. The lowest BCUT2D eigenvalue weighted by atomic mass is 9.86. The summed E-state index contributed by atoms with van der Waals surface area (Å²) in [4.78, 5) is 53.6. The van der Waals surface area contributed by atoms with Crippen LogP contribution in [0.25, 0.3) is 0 Å². The van der Waals surface area contributed by atoms with Crippen LogP contribution < -0.4 is 16.4 Å². The summed E-state index contributed by atoms with van der Waals surface area (Å²) < 4.78 is 10.9. The number of allylic oxidation sites excluding steroid dienone is 4. The van der Waals surface area contributed by atoms with Crippen LogP contribution in [-0.2, 0) is 23.9 Å². The van der Waals surface area contributed by atoms with Crippen molar-refractivity contribution in [2.24, 2.45) is 17.6 Å². The SMILES string of the molecule is CO[C@H]1/C=C\C=C(/C)C(=O)NC2=CC(=O)C(NCCN3CC3)=C(C[C@@H](C)CC[C@H](O)[C@@H](C)/C=C(\C)[C@@H]1OC(N)=O)C2=O. The fourth-order valence-corrected chi connectivity index (χ4v) is 5.05. The number of primary amides is 1. The summed E-state index contributed by atoms with van der Waals surface area (Å²) in [5.41, 5.74) is 6.79. The van der Waals surface area contributed by atoms with Gasteiger partial charge in [-0.2, -0.15) is 0 Å². The molecule has 0 radical (unpaired) electrons. The normalized spacial score (nSPS) is 31.7. The van der Waals surface area contributed by atoms with E-state index in [1.54, 1.807) is 26.0 Å². The molecule has 1 saturated heterocycles. The third-order valence-electron chi connectivity index (χ3n) is 7.77. The molecular weight excluding hydrogens is 540 g/mol. The van der Waals surface area contributed by atoms with Crippen LogP contribution in [0.2, 0.25) is 0 Å². The average Bonchev–Trinajstić information content (AvgIpc) is 3.76. The Morgan fingerprint density at radius 2 is 1.90 bits per heavy atom. The van der Waals surface area contributed by atoms with Crippen molar-refractivity contribution in [3.8, 4) is 0 Å². The second kappa shape index (κ2) is 15.1. The number of nitrogens with one attached hydrogen (secondary N) is 2. The number of aliphatic hydroxyl groups is 1. The topological polar surface area (TPSA) is 160 Å². The third-order valence-corrected chi connectivity index (χ3v) is 7.77. The zero-order chi connectivity index (χ0) is 31.0. The van der Waals surface area contributed by atoms with Crippen LogP contribution in [0.5, 0.6) is 0 Å². The molecule has 0 aromatic heterocycles. The van der Waals surface area contributed by atoms with E-state index >= 15 is 0 Å². The first kappa shape index (κ1) is 33.0. The lowest BCUT2D eigenvalue weighted by Crippen LogP contribution is -2.37. The van der Waals surface area contributed by atoms with E-state index < -0.39 is 36.1 Å². The van der Waals surface area contributed by atoms with Crippen LogP contribution >= 0.6 is 0 Å². The summed E-state index contributed by atoms with van der Waals surface area (Å²) in [6.45, 7) is 10.5. The summed E-state index contributed by atoms with van der Waals surface area (Å²) in [6, 6.07) is 0. The van der Waals surface area contributed by atoms with E-state index in [1.807, 2.05) is 19.9 Å². The van der Waals surface area contributed by atoms with Crippen molar-refractivity contribution in [3.63, 3.8) is 0 Å². The monoisotopic (exact) mass is 584 g/mol. The van der Waals surface area contributed by atoms with Gasteiger partial charge in [0.2, 0.25) is 11.6 Å². The summed E-state index contributed by atoms with van der Waals surface area (Å²) in [5, 5.41) is 16.7. The van der Waals surface area contributed by atoms with Crippen molar-refractivity contribution in [1.82, 2.24) is 15.5 Å². The lowest BCUT2D eigenvalue weighted by molar-refractivity contribution is -0.120. The molecule has 2 aliphatic heterocycles. The minimum atomic E-state index is -0.971. The summed E-state index contributed by atoms with van der Waals surface area (Å²) in [6.07, 6.45) is 5.78. The van der Waals surface area contributed by atoms with E-state index in [1.165, 1.54) is 19.3 Å². The molecule has 2 amide bonds. The van der Waals surface area contributed by atoms with Gasteiger partial charge in [0.05, 0.1) is 17.5 Å². The Kier molecular flexibility index (Phi) is 11.8. The number of amides is 2. The van der Waals surface area contributed by atoms with Gasteiger partial charge in [0.15, 0.2) is 6.10 Å². The molecule has 2 heterocycles. The average molecular weight is 585 g/mol. The van der Waals surface area contributed by atoms with Crippen molar-refractivity contribution in [2.45, 2.75) is 65.3 Å². The molecule has 3 rings (SSSR count). The van der Waals surface area contributed by atoms with Crippen LogP contribution in [0, 0.1) is 11.8 Å². The molecule has 0 unspecified atom stereocenters. The Bertz CT molecular complexity index is 1210. The molecule has 2 bridgehead atoms. The maximum Gasteiger partial charge on any atom is 0.405 e. The number of hydrogen-bond donors (Lipinski definition) is 4. The second-order valence-electron chi connectivity index (χ2n) is 11.3. The van der Waals surface area contributed by atoms with Crippen LogP contribution in [0.15, 0.2) is 58.5 Å². The number of hydrogen-bond acceptors (Lipinski definition) is 9. The molecule has 5 N–H and O–H groups in total. The van der Waals surface area contributed by atoms with Crippen LogP contribution in [0.3, 0.4) is 0 Å². The molecule has 1 fully saturated rings. The molecule has 1 aliphatic carbocycles. The maximum absolute atomic E-state index is 13.6. The quantitative estimate of drug-likeness (QED) is 0.208. The molecule has 3 aliphatic rings. The highest BCUT2D eigenvalue weighted by atomic mass is 16.6. The molecule has 0 saturated carbocycles. The molecule has 5 atom stereocenters. The number of Topliss-reactive ketones (excluding diaryl/α,β-unsaturated/α-hetero) is 1. The molecule has 42 heavy (non-hydrogen) atoms. The minimum Gasteiger partial charge on any atom is -0.439 e. The Morgan fingerprint density at radius 1 is 1.19 bits per heavy atom. The van der Waals surface area contributed by atoms with Crippen molar-refractivity contribution in [3.05, 3.63) is 58.5 Å². The van der Waals surface area contributed by atoms with Gasteiger partial charge in [-0.1, -0.05) is 38.2 Å². The van der Waals surface area contributed by atoms with Gasteiger partial charge in [0.1, 0.15) is 6.10 Å². The molecular formula is C31H44N4O7. The van der Waals surface area contributed by atoms with Crippen molar-refractivity contribution >= 4 is 23.6 Å². The molecule has 0 aromatic rings. The minimum absolute atomic E-state index is 0.0422. The Balaban J connectivity index is 1.95. The van der Waals surface area contributed by atoms with Crippen molar-refractivity contribution < 1.29 is 33.8 Å². The van der Waals surface area contributed by atoms with Crippen LogP contribution in [-0.4, -0.2) is 85.2 Å². The van der Waals surface area contributed by atoms with Gasteiger partial charge >= 0.3 is 6.09 Å². The number of ketones is 2. The number of methoxy groups -OCH3 is 1. The first-order chi connectivity index (χ1) is 19.9. The highest BCUT2D eigenvalue weighted by Gasteiger charge is 2.31. The Labute approximate surface area is 247 Å². The van der Waals surface area contributed by atoms with Crippen LogP contribution in [0.1, 0.15) is 47.0 Å². The van der Waals surface area contributed by atoms with Gasteiger partial charge in [-0.05, 0) is 44.6 Å². The van der Waals surface area contributed by atoms with Gasteiger partial charge in [-0.3, -0.25) is 19.3 Å². The van der Waals surface area contributed by atoms with Gasteiger partial charge < -0.3 is 30.9 Å². The van der Waals surface area contributed by atoms with Gasteiger partial charge in [0, 0.05) is 56.4 Å². The van der Waals surface area contributed by atoms with Crippen LogP contribution in [0.4, 0.5) is 4.79 Å². The second-order valence-corrected chi connectivity index (χ2v) is 11.3. The van der Waals surface area contributed by atoms with Gasteiger partial charge in [0.25, 0.3) is 5.91 Å². The Hall–Kier alpha value is -3.54. The van der Waals surface area contributed by atoms with E-state index in [2.05, 4.69) is 15.5 Å². The summed E-state index contributed by atoms with van der Waals surface area (Å²) in [5.74, 6) is -1.63. The first-order valence-electron chi connectivity index (χ1n) is 14.4. The third kappa shape index (κ3) is 9.23.